The normalized spacial score (nSPS) is 12.3. The van der Waals surface area contributed by atoms with Gasteiger partial charge in [0.25, 0.3) is 5.91 Å². The maximum absolute atomic E-state index is 12.7. The highest BCUT2D eigenvalue weighted by molar-refractivity contribution is 5.97. The summed E-state index contributed by atoms with van der Waals surface area (Å²) in [6.07, 6.45) is 0. The highest BCUT2D eigenvalue weighted by Crippen LogP contribution is 2.24. The van der Waals surface area contributed by atoms with Gasteiger partial charge in [0.2, 0.25) is 0 Å². The average Bonchev–Trinajstić information content (AvgIpc) is 3.18. The maximum Gasteiger partial charge on any atom is 0.251 e. The molecule has 0 spiro atoms. The lowest BCUT2D eigenvalue weighted by molar-refractivity contribution is 0.0935. The van der Waals surface area contributed by atoms with Crippen molar-refractivity contribution < 1.29 is 9.53 Å². The van der Waals surface area contributed by atoms with E-state index >= 15 is 0 Å². The Morgan fingerprint density at radius 2 is 1.93 bits per heavy atom. The van der Waals surface area contributed by atoms with E-state index in [9.17, 15) is 4.79 Å². The summed E-state index contributed by atoms with van der Waals surface area (Å²) >= 11 is 0. The van der Waals surface area contributed by atoms with E-state index in [4.69, 9.17) is 4.74 Å². The number of carbonyl (C=O) groups excluding carboxylic acids is 1. The Kier molecular flexibility index (Phi) is 6.03. The molecule has 0 aliphatic rings. The number of likely N-dealkylation sites (N-methyl/N-ethyl adjacent to an activating group) is 1. The van der Waals surface area contributed by atoms with E-state index in [1.807, 2.05) is 18.2 Å². The number of H-pyrrole nitrogens is 1. The minimum atomic E-state index is -0.125. The van der Waals surface area contributed by atoms with Crippen molar-refractivity contribution in [1.29, 1.82) is 0 Å². The van der Waals surface area contributed by atoms with Crippen molar-refractivity contribution in [3.8, 4) is 5.75 Å². The van der Waals surface area contributed by atoms with Gasteiger partial charge in [-0.3, -0.25) is 9.69 Å². The van der Waals surface area contributed by atoms with Crippen molar-refractivity contribution in [3.05, 3.63) is 53.6 Å². The van der Waals surface area contributed by atoms with Gasteiger partial charge < -0.3 is 10.1 Å². The van der Waals surface area contributed by atoms with Crippen LogP contribution >= 0.6 is 0 Å². The minimum Gasteiger partial charge on any atom is -0.497 e. The van der Waals surface area contributed by atoms with Gasteiger partial charge in [-0.05, 0) is 49.0 Å². The summed E-state index contributed by atoms with van der Waals surface area (Å²) in [6, 6.07) is 13.4. The van der Waals surface area contributed by atoms with Crippen LogP contribution in [0.25, 0.3) is 11.0 Å². The Hall–Kier alpha value is -2.93. The van der Waals surface area contributed by atoms with Crippen LogP contribution in [0.4, 0.5) is 0 Å². The predicted octanol–water partition coefficient (Wildman–Crippen LogP) is 2.78. The summed E-state index contributed by atoms with van der Waals surface area (Å²) in [7, 11) is 1.66. The van der Waals surface area contributed by atoms with Crippen LogP contribution in [0.2, 0.25) is 0 Å². The third-order valence-corrected chi connectivity index (χ3v) is 4.77. The number of carbonyl (C=O) groups is 1. The molecule has 1 heterocycles. The van der Waals surface area contributed by atoms with Gasteiger partial charge >= 0.3 is 0 Å². The number of hydrogen-bond acceptors (Lipinski definition) is 5. The highest BCUT2D eigenvalue weighted by Gasteiger charge is 2.20. The highest BCUT2D eigenvalue weighted by atomic mass is 16.5. The molecule has 0 saturated carbocycles. The number of methoxy groups -OCH3 is 1. The summed E-state index contributed by atoms with van der Waals surface area (Å²) in [5.41, 5.74) is 3.10. The molecule has 0 bridgehead atoms. The molecule has 3 rings (SSSR count). The number of benzene rings is 2. The first-order valence-corrected chi connectivity index (χ1v) is 9.13. The van der Waals surface area contributed by atoms with Crippen LogP contribution in [0.1, 0.15) is 35.8 Å². The number of rotatable bonds is 8. The summed E-state index contributed by atoms with van der Waals surface area (Å²) in [5.74, 6) is 0.687. The zero-order valence-electron chi connectivity index (χ0n) is 15.9. The quantitative estimate of drug-likeness (QED) is 0.640. The lowest BCUT2D eigenvalue weighted by atomic mass is 10.0. The molecule has 1 aromatic heterocycles. The van der Waals surface area contributed by atoms with Crippen LogP contribution in [0.3, 0.4) is 0 Å². The van der Waals surface area contributed by atoms with Gasteiger partial charge in [0.15, 0.2) is 0 Å². The third-order valence-electron chi connectivity index (χ3n) is 4.77. The maximum atomic E-state index is 12.7. The number of ether oxygens (including phenoxy) is 1. The summed E-state index contributed by atoms with van der Waals surface area (Å²) in [4.78, 5) is 15.0. The predicted molar refractivity (Wildman–Crippen MR) is 105 cm³/mol. The second-order valence-electron chi connectivity index (χ2n) is 6.25. The number of amides is 1. The molecule has 0 aliphatic heterocycles. The van der Waals surface area contributed by atoms with Gasteiger partial charge in [-0.15, -0.1) is 0 Å². The van der Waals surface area contributed by atoms with E-state index in [2.05, 4.69) is 45.5 Å². The third kappa shape index (κ3) is 4.25. The van der Waals surface area contributed by atoms with Gasteiger partial charge in [-0.25, -0.2) is 0 Å². The van der Waals surface area contributed by atoms with E-state index in [1.165, 1.54) is 0 Å². The molecule has 7 heteroatoms. The van der Waals surface area contributed by atoms with Gasteiger partial charge in [0.1, 0.15) is 16.8 Å². The monoisotopic (exact) mass is 367 g/mol. The molecule has 2 aromatic carbocycles. The molecule has 0 fully saturated rings. The van der Waals surface area contributed by atoms with Crippen molar-refractivity contribution in [3.63, 3.8) is 0 Å². The van der Waals surface area contributed by atoms with Crippen molar-refractivity contribution in [2.75, 3.05) is 26.7 Å². The Balaban J connectivity index is 1.77. The minimum absolute atomic E-state index is 0.0647. The largest absolute Gasteiger partial charge is 0.497 e. The van der Waals surface area contributed by atoms with Crippen LogP contribution < -0.4 is 10.1 Å². The number of aromatic nitrogens is 3. The number of fused-ring (bicyclic) bond motifs is 1. The van der Waals surface area contributed by atoms with Crippen molar-refractivity contribution in [2.24, 2.45) is 0 Å². The smallest absolute Gasteiger partial charge is 0.251 e. The average molecular weight is 367 g/mol. The second-order valence-corrected chi connectivity index (χ2v) is 6.25. The van der Waals surface area contributed by atoms with Crippen LogP contribution in [-0.2, 0) is 0 Å². The molecule has 0 aliphatic carbocycles. The standard InChI is InChI=1S/C20H25N5O2/c1-4-25(5-2)19(14-7-6-8-16(11-14)27-3)13-21-20(26)15-9-10-17-18(12-15)23-24-22-17/h6-12,19H,4-5,13H2,1-3H3,(H,21,26)(H,22,23,24). The lowest BCUT2D eigenvalue weighted by Gasteiger charge is -2.30. The topological polar surface area (TPSA) is 83.1 Å². The fourth-order valence-corrected chi connectivity index (χ4v) is 3.24. The Morgan fingerprint density at radius 3 is 2.67 bits per heavy atom. The number of aromatic amines is 1. The van der Waals surface area contributed by atoms with E-state index in [-0.39, 0.29) is 11.9 Å². The van der Waals surface area contributed by atoms with Crippen molar-refractivity contribution in [2.45, 2.75) is 19.9 Å². The van der Waals surface area contributed by atoms with Gasteiger partial charge in [0.05, 0.1) is 13.2 Å². The molecule has 0 saturated heterocycles. The Morgan fingerprint density at radius 1 is 1.15 bits per heavy atom. The fourth-order valence-electron chi connectivity index (χ4n) is 3.24. The van der Waals surface area contributed by atoms with Crippen molar-refractivity contribution in [1.82, 2.24) is 25.6 Å². The van der Waals surface area contributed by atoms with E-state index in [0.29, 0.717) is 17.6 Å². The first-order chi connectivity index (χ1) is 13.2. The van der Waals surface area contributed by atoms with Gasteiger partial charge in [0, 0.05) is 12.1 Å². The molecule has 142 valence electrons. The molecule has 2 N–H and O–H groups in total. The van der Waals surface area contributed by atoms with Gasteiger partial charge in [-0.2, -0.15) is 15.4 Å². The van der Waals surface area contributed by atoms with Crippen LogP contribution in [0.5, 0.6) is 5.75 Å². The molecule has 7 nitrogen and oxygen atoms in total. The first-order valence-electron chi connectivity index (χ1n) is 9.13. The number of hydrogen-bond donors (Lipinski definition) is 2. The van der Waals surface area contributed by atoms with Gasteiger partial charge in [-0.1, -0.05) is 26.0 Å². The molecular formula is C20H25N5O2. The molecule has 3 aromatic rings. The number of nitrogens with one attached hydrogen (secondary N) is 2. The first kappa shape index (κ1) is 18.8. The zero-order valence-corrected chi connectivity index (χ0v) is 15.9. The molecule has 1 atom stereocenters. The SMILES string of the molecule is CCN(CC)C(CNC(=O)c1ccc2n[nH]nc2c1)c1cccc(OC)c1. The number of nitrogens with zero attached hydrogens (tertiary/aromatic N) is 3. The second kappa shape index (κ2) is 8.64. The van der Waals surface area contributed by atoms with E-state index < -0.39 is 0 Å². The lowest BCUT2D eigenvalue weighted by Crippen LogP contribution is -2.38. The van der Waals surface area contributed by atoms with E-state index in [1.54, 1.807) is 25.3 Å². The summed E-state index contributed by atoms with van der Waals surface area (Å²) in [5, 5.41) is 13.7. The fraction of sp³-hybridized carbons (Fsp3) is 0.350. The zero-order chi connectivity index (χ0) is 19.2. The molecule has 1 unspecified atom stereocenters. The molecular weight excluding hydrogens is 342 g/mol. The molecule has 27 heavy (non-hydrogen) atoms. The van der Waals surface area contributed by atoms with Crippen LogP contribution in [0, 0.1) is 0 Å². The van der Waals surface area contributed by atoms with Crippen LogP contribution in [-0.4, -0.2) is 53.0 Å². The Labute approximate surface area is 158 Å². The molecule has 1 amide bonds. The van der Waals surface area contributed by atoms with Crippen LogP contribution in [0.15, 0.2) is 42.5 Å². The molecule has 0 radical (unpaired) electrons. The summed E-state index contributed by atoms with van der Waals surface area (Å²) in [6.45, 7) is 6.52. The van der Waals surface area contributed by atoms with Crippen molar-refractivity contribution >= 4 is 16.9 Å². The summed E-state index contributed by atoms with van der Waals surface area (Å²) < 4.78 is 5.36. The van der Waals surface area contributed by atoms with E-state index in [0.717, 1.165) is 29.9 Å². The Bertz CT molecular complexity index is 904.